The number of fused-ring (bicyclic) bond motifs is 2. The summed E-state index contributed by atoms with van der Waals surface area (Å²) in [7, 11) is -3.56. The maximum Gasteiger partial charge on any atom is 0.407 e. The zero-order valence-corrected chi connectivity index (χ0v) is 27.5. The molecule has 1 aromatic heterocycles. The Morgan fingerprint density at radius 1 is 1.00 bits per heavy atom. The third-order valence-corrected chi connectivity index (χ3v) is 10.4. The lowest BCUT2D eigenvalue weighted by Gasteiger charge is -2.26. The van der Waals surface area contributed by atoms with E-state index in [-0.39, 0.29) is 5.91 Å². The smallest absolute Gasteiger partial charge is 0.407 e. The van der Waals surface area contributed by atoms with E-state index in [0.717, 1.165) is 65.6 Å². The Kier molecular flexibility index (Phi) is 9.00. The highest BCUT2D eigenvalue weighted by Gasteiger charge is 2.28. The molecule has 2 amide bonds. The molecule has 0 spiro atoms. The van der Waals surface area contributed by atoms with Crippen LogP contribution in [-0.4, -0.2) is 67.6 Å². The van der Waals surface area contributed by atoms with Crippen LogP contribution in [0.5, 0.6) is 0 Å². The summed E-state index contributed by atoms with van der Waals surface area (Å²) in [4.78, 5) is 28.2. The number of nitrogens with zero attached hydrogens (tertiary/aromatic N) is 3. The molecule has 3 heterocycles. The lowest BCUT2D eigenvalue weighted by molar-refractivity contribution is -0.118. The molecule has 1 saturated heterocycles. The van der Waals surface area contributed by atoms with Gasteiger partial charge in [0, 0.05) is 61.2 Å². The van der Waals surface area contributed by atoms with Crippen molar-refractivity contribution in [1.82, 2.24) is 14.2 Å². The monoisotopic (exact) mass is 623 g/mol. The number of nitrogens with one attached hydrogen (secondary N) is 2. The van der Waals surface area contributed by atoms with Gasteiger partial charge in [-0.1, -0.05) is 12.5 Å². The van der Waals surface area contributed by atoms with Gasteiger partial charge in [-0.25, -0.2) is 13.2 Å². The second kappa shape index (κ2) is 12.4. The molecule has 3 aromatic rings. The number of anilines is 2. The van der Waals surface area contributed by atoms with Crippen molar-refractivity contribution < 1.29 is 22.7 Å². The lowest BCUT2D eigenvalue weighted by Crippen LogP contribution is -2.37. The predicted octanol–water partition coefficient (Wildman–Crippen LogP) is 5.52. The van der Waals surface area contributed by atoms with E-state index >= 15 is 0 Å². The van der Waals surface area contributed by atoms with E-state index in [1.165, 1.54) is 5.56 Å². The highest BCUT2D eigenvalue weighted by Crippen LogP contribution is 2.34. The van der Waals surface area contributed by atoms with Crippen LogP contribution in [0.2, 0.25) is 0 Å². The molecule has 1 unspecified atom stereocenters. The van der Waals surface area contributed by atoms with Gasteiger partial charge in [-0.3, -0.25) is 4.79 Å². The largest absolute Gasteiger partial charge is 0.444 e. The number of rotatable bonds is 8. The van der Waals surface area contributed by atoms with E-state index in [0.29, 0.717) is 31.1 Å². The zero-order valence-electron chi connectivity index (χ0n) is 26.7. The van der Waals surface area contributed by atoms with Crippen LogP contribution in [0.25, 0.3) is 10.9 Å². The summed E-state index contributed by atoms with van der Waals surface area (Å²) in [5, 5.41) is 6.78. The van der Waals surface area contributed by atoms with Crippen LogP contribution in [0.4, 0.5) is 16.2 Å². The first-order valence-electron chi connectivity index (χ1n) is 15.5. The first-order chi connectivity index (χ1) is 20.7. The molecule has 0 bridgehead atoms. The number of carbonyl (C=O) groups is 2. The Bertz CT molecular complexity index is 1670. The van der Waals surface area contributed by atoms with Gasteiger partial charge >= 0.3 is 6.09 Å². The number of amides is 2. The molecule has 2 aliphatic rings. The van der Waals surface area contributed by atoms with Crippen LogP contribution < -0.4 is 15.5 Å². The number of piperidine rings is 1. The predicted molar refractivity (Wildman–Crippen MR) is 174 cm³/mol. The molecule has 1 atom stereocenters. The number of sulfonamides is 1. The summed E-state index contributed by atoms with van der Waals surface area (Å²) < 4.78 is 35.4. The number of benzene rings is 2. The first kappa shape index (κ1) is 31.8. The Morgan fingerprint density at radius 3 is 2.43 bits per heavy atom. The van der Waals surface area contributed by atoms with Gasteiger partial charge in [0.15, 0.2) is 0 Å². The van der Waals surface area contributed by atoms with Crippen LogP contribution in [0, 0.1) is 13.8 Å². The molecular weight excluding hydrogens is 578 g/mol. The minimum atomic E-state index is -3.56. The SMILES string of the molecule is Cc1cc2c(cc1NC(=O)C(C)n1cc(C)c3cc(S(=O)(=O)N4CCCCC4)ccc31)N(CCNC(=O)OC(C)(C)C)CC2. The second-order valence-corrected chi connectivity index (χ2v) is 14.9. The molecule has 44 heavy (non-hydrogen) atoms. The number of aromatic nitrogens is 1. The van der Waals surface area contributed by atoms with Crippen molar-refractivity contribution in [3.63, 3.8) is 0 Å². The highest BCUT2D eigenvalue weighted by atomic mass is 32.2. The summed E-state index contributed by atoms with van der Waals surface area (Å²) in [6.07, 6.45) is 5.21. The van der Waals surface area contributed by atoms with Gasteiger partial charge in [0.25, 0.3) is 0 Å². The maximum atomic E-state index is 13.6. The van der Waals surface area contributed by atoms with Crippen molar-refractivity contribution in [3.05, 3.63) is 53.2 Å². The summed E-state index contributed by atoms with van der Waals surface area (Å²) in [5.41, 5.74) is 5.18. The van der Waals surface area contributed by atoms with E-state index in [4.69, 9.17) is 4.74 Å². The molecular formula is C33H45N5O5S. The van der Waals surface area contributed by atoms with Gasteiger partial charge in [0.1, 0.15) is 11.6 Å². The first-order valence-corrected chi connectivity index (χ1v) is 17.0. The van der Waals surface area contributed by atoms with Gasteiger partial charge in [-0.05, 0) is 102 Å². The molecule has 5 rings (SSSR count). The third-order valence-electron chi connectivity index (χ3n) is 8.48. The molecule has 2 aromatic carbocycles. The van der Waals surface area contributed by atoms with Crippen LogP contribution in [0.1, 0.15) is 69.7 Å². The van der Waals surface area contributed by atoms with Crippen molar-refractivity contribution in [2.75, 3.05) is 42.9 Å². The van der Waals surface area contributed by atoms with Crippen molar-refractivity contribution in [2.45, 2.75) is 83.8 Å². The van der Waals surface area contributed by atoms with E-state index < -0.39 is 27.8 Å². The number of hydrogen-bond donors (Lipinski definition) is 2. The molecule has 1 fully saturated rings. The molecule has 238 valence electrons. The van der Waals surface area contributed by atoms with Crippen molar-refractivity contribution in [3.8, 4) is 0 Å². The van der Waals surface area contributed by atoms with Crippen LogP contribution in [0.15, 0.2) is 41.4 Å². The Balaban J connectivity index is 1.29. The van der Waals surface area contributed by atoms with E-state index in [9.17, 15) is 18.0 Å². The van der Waals surface area contributed by atoms with E-state index in [1.54, 1.807) is 16.4 Å². The van der Waals surface area contributed by atoms with Gasteiger partial charge in [-0.15, -0.1) is 0 Å². The summed E-state index contributed by atoms with van der Waals surface area (Å²) >= 11 is 0. The standard InChI is InChI=1S/C33H45N5O5S/c1-22-18-25-12-16-36(17-13-34-32(40)43-33(4,5)6)30(25)20-28(22)35-31(39)24(3)38-21-23(2)27-19-26(10-11-29(27)38)44(41,42)37-14-8-7-9-15-37/h10-11,18-21,24H,7-9,12-17H2,1-6H3,(H,34,40)(H,35,39). The average Bonchev–Trinajstić information content (AvgIpc) is 3.51. The number of ether oxygens (including phenoxy) is 1. The molecule has 0 aliphatic carbocycles. The summed E-state index contributed by atoms with van der Waals surface area (Å²) in [6.45, 7) is 14.3. The number of hydrogen-bond acceptors (Lipinski definition) is 6. The summed E-state index contributed by atoms with van der Waals surface area (Å²) in [5.74, 6) is -0.161. The molecule has 2 N–H and O–H groups in total. The molecule has 0 saturated carbocycles. The van der Waals surface area contributed by atoms with Gasteiger partial charge in [-0.2, -0.15) is 4.31 Å². The van der Waals surface area contributed by atoms with Gasteiger partial charge in [0.2, 0.25) is 15.9 Å². The van der Waals surface area contributed by atoms with E-state index in [2.05, 4.69) is 21.6 Å². The fourth-order valence-corrected chi connectivity index (χ4v) is 7.65. The van der Waals surface area contributed by atoms with Gasteiger partial charge < -0.3 is 24.8 Å². The maximum absolute atomic E-state index is 13.6. The topological polar surface area (TPSA) is 113 Å². The fourth-order valence-electron chi connectivity index (χ4n) is 6.10. The molecule has 0 radical (unpaired) electrons. The summed E-state index contributed by atoms with van der Waals surface area (Å²) in [6, 6.07) is 8.82. The highest BCUT2D eigenvalue weighted by molar-refractivity contribution is 7.89. The number of aryl methyl sites for hydroxylation is 2. The van der Waals surface area contributed by atoms with Crippen molar-refractivity contribution >= 4 is 44.3 Å². The van der Waals surface area contributed by atoms with Crippen LogP contribution in [0.3, 0.4) is 0 Å². The molecule has 2 aliphatic heterocycles. The third kappa shape index (κ3) is 6.73. The quantitative estimate of drug-likeness (QED) is 0.342. The van der Waals surface area contributed by atoms with Crippen molar-refractivity contribution in [2.24, 2.45) is 0 Å². The Labute approximate surface area is 260 Å². The van der Waals surface area contributed by atoms with Crippen molar-refractivity contribution in [1.29, 1.82) is 0 Å². The lowest BCUT2D eigenvalue weighted by atomic mass is 10.1. The fraction of sp³-hybridized carbons (Fsp3) is 0.515. The molecule has 11 heteroatoms. The second-order valence-electron chi connectivity index (χ2n) is 13.0. The Morgan fingerprint density at radius 2 is 1.73 bits per heavy atom. The number of alkyl carbamates (subject to hydrolysis) is 1. The normalized spacial score (nSPS) is 16.5. The minimum absolute atomic E-state index is 0.161. The number of carbonyl (C=O) groups excluding carboxylic acids is 2. The average molecular weight is 624 g/mol. The minimum Gasteiger partial charge on any atom is -0.444 e. The van der Waals surface area contributed by atoms with E-state index in [1.807, 2.05) is 64.4 Å². The zero-order chi connectivity index (χ0) is 31.8. The van der Waals surface area contributed by atoms with Crippen LogP contribution >= 0.6 is 0 Å². The van der Waals surface area contributed by atoms with Gasteiger partial charge in [0.05, 0.1) is 4.90 Å². The molecule has 10 nitrogen and oxygen atoms in total. The van der Waals surface area contributed by atoms with Crippen LogP contribution in [-0.2, 0) is 26.0 Å². The Hall–Kier alpha value is -3.57.